The maximum atomic E-state index is 13.1. The number of aromatic hydroxyl groups is 1. The van der Waals surface area contributed by atoms with E-state index in [0.29, 0.717) is 5.92 Å². The fourth-order valence-corrected chi connectivity index (χ4v) is 2.37. The SMILES string of the molecule is CCN(CC(=O)c1cc(F)ccc1O)CC1CCC1. The minimum atomic E-state index is -0.497. The summed E-state index contributed by atoms with van der Waals surface area (Å²) in [6.45, 7) is 3.96. The number of carbonyl (C=O) groups is 1. The molecule has 4 heteroatoms. The standard InChI is InChI=1S/C15H20FNO2/c1-2-17(9-11-4-3-5-11)10-15(19)13-8-12(16)6-7-14(13)18/h6-8,11,18H,2-5,9-10H2,1H3. The van der Waals surface area contributed by atoms with Gasteiger partial charge in [-0.25, -0.2) is 4.39 Å². The van der Waals surface area contributed by atoms with Gasteiger partial charge in [-0.1, -0.05) is 13.3 Å². The zero-order valence-corrected chi connectivity index (χ0v) is 11.2. The van der Waals surface area contributed by atoms with E-state index in [0.717, 1.165) is 25.2 Å². The fourth-order valence-electron chi connectivity index (χ4n) is 2.37. The third kappa shape index (κ3) is 3.53. The highest BCUT2D eigenvalue weighted by Crippen LogP contribution is 2.27. The van der Waals surface area contributed by atoms with Crippen molar-refractivity contribution in [2.24, 2.45) is 5.92 Å². The molecule has 0 aliphatic heterocycles. The quantitative estimate of drug-likeness (QED) is 0.804. The van der Waals surface area contributed by atoms with Crippen LogP contribution >= 0.6 is 0 Å². The summed E-state index contributed by atoms with van der Waals surface area (Å²) < 4.78 is 13.1. The Labute approximate surface area is 113 Å². The molecular formula is C15H20FNO2. The van der Waals surface area contributed by atoms with Crippen molar-refractivity contribution in [3.05, 3.63) is 29.6 Å². The van der Waals surface area contributed by atoms with Crippen LogP contribution in [-0.4, -0.2) is 35.4 Å². The normalized spacial score (nSPS) is 15.5. The maximum Gasteiger partial charge on any atom is 0.180 e. The molecule has 0 spiro atoms. The summed E-state index contributed by atoms with van der Waals surface area (Å²) in [5.74, 6) is -0.179. The van der Waals surface area contributed by atoms with Gasteiger partial charge < -0.3 is 5.11 Å². The first kappa shape index (κ1) is 14.0. The Morgan fingerprint density at radius 1 is 1.47 bits per heavy atom. The lowest BCUT2D eigenvalue weighted by atomic mass is 9.85. The topological polar surface area (TPSA) is 40.5 Å². The van der Waals surface area contributed by atoms with E-state index in [1.54, 1.807) is 0 Å². The van der Waals surface area contributed by atoms with Crippen molar-refractivity contribution in [3.63, 3.8) is 0 Å². The van der Waals surface area contributed by atoms with Gasteiger partial charge in [0.2, 0.25) is 0 Å². The highest BCUT2D eigenvalue weighted by Gasteiger charge is 2.22. The lowest BCUT2D eigenvalue weighted by molar-refractivity contribution is 0.0902. The number of Topliss-reactive ketones (excluding diaryl/α,β-unsaturated/α-hetero) is 1. The van der Waals surface area contributed by atoms with Gasteiger partial charge in [-0.2, -0.15) is 0 Å². The summed E-state index contributed by atoms with van der Waals surface area (Å²) in [6, 6.07) is 3.48. The smallest absolute Gasteiger partial charge is 0.180 e. The molecule has 1 saturated carbocycles. The second-order valence-corrected chi connectivity index (χ2v) is 5.21. The molecule has 0 radical (unpaired) electrons. The molecule has 0 unspecified atom stereocenters. The van der Waals surface area contributed by atoms with E-state index >= 15 is 0 Å². The average molecular weight is 265 g/mol. The van der Waals surface area contributed by atoms with Crippen molar-refractivity contribution < 1.29 is 14.3 Å². The van der Waals surface area contributed by atoms with Crippen LogP contribution in [-0.2, 0) is 0 Å². The number of carbonyl (C=O) groups excluding carboxylic acids is 1. The predicted molar refractivity (Wildman–Crippen MR) is 71.9 cm³/mol. The molecule has 1 aliphatic rings. The number of hydrogen-bond acceptors (Lipinski definition) is 3. The van der Waals surface area contributed by atoms with Crippen LogP contribution in [0.5, 0.6) is 5.75 Å². The molecule has 0 bridgehead atoms. The molecule has 19 heavy (non-hydrogen) atoms. The Bertz CT molecular complexity index is 457. The van der Waals surface area contributed by atoms with Gasteiger partial charge >= 0.3 is 0 Å². The zero-order valence-electron chi connectivity index (χ0n) is 11.2. The van der Waals surface area contributed by atoms with E-state index in [4.69, 9.17) is 0 Å². The van der Waals surface area contributed by atoms with Crippen LogP contribution in [0.25, 0.3) is 0 Å². The molecule has 0 amide bonds. The van der Waals surface area contributed by atoms with E-state index in [1.807, 2.05) is 6.92 Å². The molecule has 1 N–H and O–H groups in total. The number of likely N-dealkylation sites (N-methyl/N-ethyl adjacent to an activating group) is 1. The van der Waals surface area contributed by atoms with Gasteiger partial charge in [0.05, 0.1) is 12.1 Å². The Morgan fingerprint density at radius 2 is 2.21 bits per heavy atom. The van der Waals surface area contributed by atoms with E-state index in [2.05, 4.69) is 4.90 Å². The van der Waals surface area contributed by atoms with Gasteiger partial charge in [0.1, 0.15) is 11.6 Å². The van der Waals surface area contributed by atoms with E-state index in [1.165, 1.54) is 25.3 Å². The number of hydrogen-bond donors (Lipinski definition) is 1. The van der Waals surface area contributed by atoms with Crippen LogP contribution in [0.3, 0.4) is 0 Å². The van der Waals surface area contributed by atoms with Crippen LogP contribution < -0.4 is 0 Å². The summed E-state index contributed by atoms with van der Waals surface area (Å²) in [5, 5.41) is 9.62. The number of phenolic OH excluding ortho intramolecular Hbond substituents is 1. The maximum absolute atomic E-state index is 13.1. The van der Waals surface area contributed by atoms with Crippen LogP contribution in [0.1, 0.15) is 36.5 Å². The summed E-state index contributed by atoms with van der Waals surface area (Å²) in [6.07, 6.45) is 3.74. The minimum Gasteiger partial charge on any atom is -0.507 e. The van der Waals surface area contributed by atoms with Crippen LogP contribution in [0.15, 0.2) is 18.2 Å². The van der Waals surface area contributed by atoms with Gasteiger partial charge in [0.25, 0.3) is 0 Å². The Kier molecular flexibility index (Phi) is 4.53. The molecule has 0 heterocycles. The molecule has 1 fully saturated rings. The second-order valence-electron chi connectivity index (χ2n) is 5.21. The Balaban J connectivity index is 1.99. The van der Waals surface area contributed by atoms with Gasteiger partial charge in [-0.3, -0.25) is 9.69 Å². The van der Waals surface area contributed by atoms with Crippen LogP contribution in [0.2, 0.25) is 0 Å². The van der Waals surface area contributed by atoms with E-state index < -0.39 is 5.82 Å². The summed E-state index contributed by atoms with van der Waals surface area (Å²) in [5.41, 5.74) is 0.0760. The van der Waals surface area contributed by atoms with Gasteiger partial charge in [-0.05, 0) is 43.5 Å². The molecule has 0 saturated heterocycles. The van der Waals surface area contributed by atoms with Gasteiger partial charge in [0.15, 0.2) is 5.78 Å². The number of phenols is 1. The molecule has 1 aromatic rings. The van der Waals surface area contributed by atoms with Gasteiger partial charge in [0, 0.05) is 6.54 Å². The largest absolute Gasteiger partial charge is 0.507 e. The molecule has 1 aromatic carbocycles. The predicted octanol–water partition coefficient (Wildman–Crippen LogP) is 2.84. The van der Waals surface area contributed by atoms with Crippen molar-refractivity contribution in [2.45, 2.75) is 26.2 Å². The highest BCUT2D eigenvalue weighted by atomic mass is 19.1. The molecule has 0 aromatic heterocycles. The van der Waals surface area contributed by atoms with E-state index in [-0.39, 0.29) is 23.6 Å². The molecule has 1 aliphatic carbocycles. The molecular weight excluding hydrogens is 245 g/mol. The van der Waals surface area contributed by atoms with Crippen molar-refractivity contribution in [2.75, 3.05) is 19.6 Å². The Morgan fingerprint density at radius 3 is 2.79 bits per heavy atom. The lowest BCUT2D eigenvalue weighted by Crippen LogP contribution is -2.36. The fraction of sp³-hybridized carbons (Fsp3) is 0.533. The first-order valence-electron chi connectivity index (χ1n) is 6.84. The first-order chi connectivity index (χ1) is 9.10. The van der Waals surface area contributed by atoms with Crippen molar-refractivity contribution in [1.29, 1.82) is 0 Å². The summed E-state index contributed by atoms with van der Waals surface area (Å²) >= 11 is 0. The summed E-state index contributed by atoms with van der Waals surface area (Å²) in [7, 11) is 0. The highest BCUT2D eigenvalue weighted by molar-refractivity contribution is 6.00. The van der Waals surface area contributed by atoms with Crippen LogP contribution in [0, 0.1) is 11.7 Å². The molecule has 104 valence electrons. The van der Waals surface area contributed by atoms with Crippen molar-refractivity contribution >= 4 is 5.78 Å². The third-order valence-corrected chi connectivity index (χ3v) is 3.81. The number of nitrogens with zero attached hydrogens (tertiary/aromatic N) is 1. The average Bonchev–Trinajstić information content (AvgIpc) is 2.34. The molecule has 0 atom stereocenters. The minimum absolute atomic E-state index is 0.0760. The monoisotopic (exact) mass is 265 g/mol. The van der Waals surface area contributed by atoms with Crippen LogP contribution in [0.4, 0.5) is 4.39 Å². The Hall–Kier alpha value is -1.42. The zero-order chi connectivity index (χ0) is 13.8. The van der Waals surface area contributed by atoms with Crippen molar-refractivity contribution in [3.8, 4) is 5.75 Å². The third-order valence-electron chi connectivity index (χ3n) is 3.81. The summed E-state index contributed by atoms with van der Waals surface area (Å²) in [4.78, 5) is 14.2. The number of benzene rings is 1. The van der Waals surface area contributed by atoms with E-state index in [9.17, 15) is 14.3 Å². The number of rotatable bonds is 6. The second kappa shape index (κ2) is 6.15. The van der Waals surface area contributed by atoms with Crippen molar-refractivity contribution in [1.82, 2.24) is 4.90 Å². The first-order valence-corrected chi connectivity index (χ1v) is 6.84. The number of halogens is 1. The molecule has 2 rings (SSSR count). The molecule has 3 nitrogen and oxygen atoms in total. The lowest BCUT2D eigenvalue weighted by Gasteiger charge is -2.31. The number of ketones is 1. The van der Waals surface area contributed by atoms with Gasteiger partial charge in [-0.15, -0.1) is 0 Å².